The van der Waals surface area contributed by atoms with E-state index in [0.29, 0.717) is 5.41 Å². The van der Waals surface area contributed by atoms with Crippen molar-refractivity contribution >= 4 is 5.57 Å². The summed E-state index contributed by atoms with van der Waals surface area (Å²) < 4.78 is 0. The van der Waals surface area contributed by atoms with Gasteiger partial charge < -0.3 is 0 Å². The molecule has 0 saturated heterocycles. The topological polar surface area (TPSA) is 0 Å². The van der Waals surface area contributed by atoms with Gasteiger partial charge in [-0.1, -0.05) is 44.2 Å². The number of hydrogen-bond acceptors (Lipinski definition) is 0. The van der Waals surface area contributed by atoms with Gasteiger partial charge in [0.1, 0.15) is 0 Å². The van der Waals surface area contributed by atoms with Crippen molar-refractivity contribution in [2.24, 2.45) is 23.2 Å². The van der Waals surface area contributed by atoms with Crippen molar-refractivity contribution in [3.8, 4) is 0 Å². The van der Waals surface area contributed by atoms with Crippen LogP contribution in [0.15, 0.2) is 24.8 Å². The fraction of sp³-hybridized carbons (Fsp3) is 0.619. The lowest BCUT2D eigenvalue weighted by atomic mass is 9.54. The van der Waals surface area contributed by atoms with Gasteiger partial charge in [0.2, 0.25) is 0 Å². The second-order valence-electron chi connectivity index (χ2n) is 8.30. The van der Waals surface area contributed by atoms with Crippen molar-refractivity contribution in [1.82, 2.24) is 0 Å². The van der Waals surface area contributed by atoms with Crippen LogP contribution in [-0.4, -0.2) is 0 Å². The Morgan fingerprint density at radius 3 is 2.81 bits per heavy atom. The first-order valence-electron chi connectivity index (χ1n) is 8.79. The maximum atomic E-state index is 4.44. The van der Waals surface area contributed by atoms with Crippen LogP contribution in [0.5, 0.6) is 0 Å². The normalized spacial score (nSPS) is 41.4. The minimum atomic E-state index is 0.601. The van der Waals surface area contributed by atoms with Gasteiger partial charge in [-0.3, -0.25) is 0 Å². The second kappa shape index (κ2) is 4.48. The Bertz CT molecular complexity index is 596. The fourth-order valence-corrected chi connectivity index (χ4v) is 5.92. The molecule has 3 aliphatic rings. The van der Waals surface area contributed by atoms with E-state index in [0.717, 1.165) is 23.7 Å². The molecule has 0 nitrogen and oxygen atoms in total. The summed E-state index contributed by atoms with van der Waals surface area (Å²) in [5.41, 5.74) is 6.47. The van der Waals surface area contributed by atoms with Crippen LogP contribution >= 0.6 is 0 Å². The lowest BCUT2D eigenvalue weighted by molar-refractivity contribution is 0.0421. The number of hydrogen-bond donors (Lipinski definition) is 0. The summed E-state index contributed by atoms with van der Waals surface area (Å²) in [5, 5.41) is 0. The lowest BCUT2D eigenvalue weighted by Crippen LogP contribution is -2.41. The van der Waals surface area contributed by atoms with E-state index in [-0.39, 0.29) is 0 Å². The van der Waals surface area contributed by atoms with Crippen LogP contribution in [0.4, 0.5) is 0 Å². The second-order valence-corrected chi connectivity index (χ2v) is 8.30. The molecule has 0 heteroatoms. The molecule has 0 aromatic heterocycles. The molecule has 0 bridgehead atoms. The Labute approximate surface area is 129 Å². The van der Waals surface area contributed by atoms with E-state index >= 15 is 0 Å². The third-order valence-corrected chi connectivity index (χ3v) is 7.38. The smallest absolute Gasteiger partial charge is 0.0121 e. The third-order valence-electron chi connectivity index (χ3n) is 7.38. The average molecular weight is 280 g/mol. The largest absolute Gasteiger partial charge is 0.0952 e. The molecule has 2 saturated carbocycles. The quantitative estimate of drug-likeness (QED) is 0.550. The molecule has 1 aromatic carbocycles. The average Bonchev–Trinajstić information content (AvgIpc) is 2.76. The molecule has 0 spiro atoms. The summed E-state index contributed by atoms with van der Waals surface area (Å²) in [5.74, 6) is 3.50. The summed E-state index contributed by atoms with van der Waals surface area (Å²) in [7, 11) is 0. The van der Waals surface area contributed by atoms with E-state index in [1.54, 1.807) is 5.56 Å². The molecular formula is C21H28. The maximum absolute atomic E-state index is 4.44. The Morgan fingerprint density at radius 1 is 1.19 bits per heavy atom. The number of fused-ring (bicyclic) bond motifs is 5. The molecule has 5 unspecified atom stereocenters. The Balaban J connectivity index is 1.77. The molecule has 0 aliphatic heterocycles. The molecule has 2 fully saturated rings. The highest BCUT2D eigenvalue weighted by Crippen LogP contribution is 2.63. The molecule has 1 aromatic rings. The molecule has 0 N–H and O–H groups in total. The Hall–Kier alpha value is -1.04. The zero-order chi connectivity index (χ0) is 14.8. The highest BCUT2D eigenvalue weighted by atomic mass is 14.6. The first kappa shape index (κ1) is 13.6. The van der Waals surface area contributed by atoms with Crippen molar-refractivity contribution in [2.45, 2.75) is 58.8 Å². The first-order valence-corrected chi connectivity index (χ1v) is 8.79. The molecule has 0 amide bonds. The van der Waals surface area contributed by atoms with Gasteiger partial charge in [-0.2, -0.15) is 0 Å². The van der Waals surface area contributed by atoms with Crippen molar-refractivity contribution in [3.05, 3.63) is 41.5 Å². The van der Waals surface area contributed by atoms with Gasteiger partial charge >= 0.3 is 0 Å². The van der Waals surface area contributed by atoms with E-state index in [4.69, 9.17) is 0 Å². The Kier molecular flexibility index (Phi) is 2.90. The summed E-state index contributed by atoms with van der Waals surface area (Å²) >= 11 is 0. The maximum Gasteiger partial charge on any atom is -0.0121 e. The standard InChI is InChI=1S/C21H28/c1-13-5-7-16-17-9-10-21(4)15(3)6-8-20(21)19(17)12-14(2)18(16)11-13/h5,7,11,15,17,19-20H,2,6,8-10,12H2,1,3-4H3. The van der Waals surface area contributed by atoms with Crippen molar-refractivity contribution in [2.75, 3.05) is 0 Å². The minimum absolute atomic E-state index is 0.601. The fourth-order valence-electron chi connectivity index (χ4n) is 5.92. The van der Waals surface area contributed by atoms with Crippen LogP contribution in [0, 0.1) is 30.1 Å². The van der Waals surface area contributed by atoms with Gasteiger partial charge in [0.15, 0.2) is 0 Å². The SMILES string of the molecule is C=C1CC2C(CCC3(C)C(C)CCC23)c2ccc(C)cc21. The van der Waals surface area contributed by atoms with Crippen LogP contribution in [0.1, 0.15) is 68.6 Å². The third kappa shape index (κ3) is 1.81. The predicted octanol–water partition coefficient (Wildman–Crippen LogP) is 5.96. The molecule has 112 valence electrons. The van der Waals surface area contributed by atoms with Crippen LogP contribution in [0.25, 0.3) is 5.57 Å². The number of benzene rings is 1. The molecule has 4 rings (SSSR count). The zero-order valence-electron chi connectivity index (χ0n) is 13.8. The minimum Gasteiger partial charge on any atom is -0.0952 e. The Morgan fingerprint density at radius 2 is 2.00 bits per heavy atom. The number of rotatable bonds is 0. The van der Waals surface area contributed by atoms with Crippen molar-refractivity contribution < 1.29 is 0 Å². The van der Waals surface area contributed by atoms with Crippen LogP contribution in [0.3, 0.4) is 0 Å². The van der Waals surface area contributed by atoms with Crippen LogP contribution < -0.4 is 0 Å². The number of aryl methyl sites for hydroxylation is 1. The molecule has 0 radical (unpaired) electrons. The molecular weight excluding hydrogens is 252 g/mol. The van der Waals surface area contributed by atoms with Gasteiger partial charge in [0.05, 0.1) is 0 Å². The monoisotopic (exact) mass is 280 g/mol. The summed E-state index contributed by atoms with van der Waals surface area (Å²) in [6, 6.07) is 7.09. The lowest BCUT2D eigenvalue weighted by Gasteiger charge is -2.51. The summed E-state index contributed by atoms with van der Waals surface area (Å²) in [6.45, 7) is 11.7. The molecule has 21 heavy (non-hydrogen) atoms. The molecule has 5 atom stereocenters. The predicted molar refractivity (Wildman–Crippen MR) is 90.3 cm³/mol. The molecule has 0 heterocycles. The van der Waals surface area contributed by atoms with E-state index in [9.17, 15) is 0 Å². The van der Waals surface area contributed by atoms with Crippen molar-refractivity contribution in [3.63, 3.8) is 0 Å². The van der Waals surface area contributed by atoms with Crippen LogP contribution in [-0.2, 0) is 0 Å². The number of allylic oxidation sites excluding steroid dienone is 1. The van der Waals surface area contributed by atoms with Gasteiger partial charge in [-0.05, 0) is 84.8 Å². The van der Waals surface area contributed by atoms with Crippen molar-refractivity contribution in [1.29, 1.82) is 0 Å². The van der Waals surface area contributed by atoms with Gasteiger partial charge in [-0.15, -0.1) is 0 Å². The van der Waals surface area contributed by atoms with Crippen LogP contribution in [0.2, 0.25) is 0 Å². The van der Waals surface area contributed by atoms with E-state index in [2.05, 4.69) is 45.5 Å². The van der Waals surface area contributed by atoms with Gasteiger partial charge in [-0.25, -0.2) is 0 Å². The molecule has 3 aliphatic carbocycles. The van der Waals surface area contributed by atoms with E-state index in [1.807, 2.05) is 0 Å². The highest BCUT2D eigenvalue weighted by Gasteiger charge is 2.53. The van der Waals surface area contributed by atoms with E-state index < -0.39 is 0 Å². The van der Waals surface area contributed by atoms with Gasteiger partial charge in [0.25, 0.3) is 0 Å². The summed E-state index contributed by atoms with van der Waals surface area (Å²) in [6.07, 6.45) is 6.96. The highest BCUT2D eigenvalue weighted by molar-refractivity contribution is 5.70. The van der Waals surface area contributed by atoms with E-state index in [1.165, 1.54) is 48.8 Å². The zero-order valence-corrected chi connectivity index (χ0v) is 13.8. The first-order chi connectivity index (χ1) is 10.0. The van der Waals surface area contributed by atoms with Gasteiger partial charge in [0, 0.05) is 0 Å². The summed E-state index contributed by atoms with van der Waals surface area (Å²) in [4.78, 5) is 0.